The van der Waals surface area contributed by atoms with Crippen LogP contribution in [0, 0.1) is 0 Å². The Morgan fingerprint density at radius 1 is 0.914 bits per heavy atom. The second kappa shape index (κ2) is 14.9. The first-order valence-electron chi connectivity index (χ1n) is 12.7. The van der Waals surface area contributed by atoms with E-state index in [4.69, 9.17) is 9.47 Å². The minimum atomic E-state index is 0.135. The summed E-state index contributed by atoms with van der Waals surface area (Å²) in [7, 11) is 5.84. The van der Waals surface area contributed by atoms with Crippen molar-refractivity contribution in [2.45, 2.75) is 46.8 Å². The van der Waals surface area contributed by atoms with Gasteiger partial charge in [-0.05, 0) is 46.9 Å². The highest BCUT2D eigenvalue weighted by Crippen LogP contribution is 2.36. The molecule has 0 bridgehead atoms. The number of ether oxygens (including phenoxy) is 2. The molecule has 0 saturated carbocycles. The van der Waals surface area contributed by atoms with Gasteiger partial charge in [0.05, 0.1) is 13.2 Å². The number of benzene rings is 3. The van der Waals surface area contributed by atoms with Crippen molar-refractivity contribution in [3.05, 3.63) is 95.1 Å². The van der Waals surface area contributed by atoms with Gasteiger partial charge in [0, 0.05) is 26.3 Å². The van der Waals surface area contributed by atoms with E-state index in [2.05, 4.69) is 85.0 Å². The summed E-state index contributed by atoms with van der Waals surface area (Å²) in [5, 5.41) is 3.63. The van der Waals surface area contributed by atoms with Crippen LogP contribution < -0.4 is 19.7 Å². The van der Waals surface area contributed by atoms with E-state index in [-0.39, 0.29) is 6.04 Å². The van der Waals surface area contributed by atoms with Gasteiger partial charge in [0.15, 0.2) is 11.5 Å². The fraction of sp³-hybridized carbons (Fsp3) is 0.355. The van der Waals surface area contributed by atoms with E-state index in [1.54, 1.807) is 7.11 Å². The molecular formula is C31H42N2O2. The Bertz CT molecular complexity index is 1050. The molecule has 1 heterocycles. The molecule has 1 unspecified atom stereocenters. The number of para-hydroxylation sites is 1. The molecule has 4 nitrogen and oxygen atoms in total. The van der Waals surface area contributed by atoms with E-state index in [1.807, 2.05) is 45.9 Å². The Hall–Kier alpha value is -3.24. The first-order chi connectivity index (χ1) is 17.2. The third kappa shape index (κ3) is 7.63. The van der Waals surface area contributed by atoms with E-state index in [0.717, 1.165) is 30.0 Å². The van der Waals surface area contributed by atoms with Crippen LogP contribution in [0.25, 0.3) is 6.08 Å². The van der Waals surface area contributed by atoms with Crippen LogP contribution in [0.3, 0.4) is 0 Å². The van der Waals surface area contributed by atoms with Crippen LogP contribution in [0.1, 0.15) is 56.0 Å². The minimum absolute atomic E-state index is 0.135. The van der Waals surface area contributed by atoms with Gasteiger partial charge in [-0.2, -0.15) is 0 Å². The maximum atomic E-state index is 6.12. The molecule has 188 valence electrons. The molecule has 4 rings (SSSR count). The number of hydrogen-bond acceptors (Lipinski definition) is 4. The van der Waals surface area contributed by atoms with Crippen LogP contribution in [-0.4, -0.2) is 27.7 Å². The molecule has 0 aliphatic carbocycles. The number of anilines is 1. The Labute approximate surface area is 212 Å². The monoisotopic (exact) mass is 474 g/mol. The molecule has 0 spiro atoms. The summed E-state index contributed by atoms with van der Waals surface area (Å²) in [5.74, 6) is 1.57. The average Bonchev–Trinajstić information content (AvgIpc) is 2.93. The number of rotatable bonds is 7. The predicted molar refractivity (Wildman–Crippen MR) is 151 cm³/mol. The van der Waals surface area contributed by atoms with Crippen LogP contribution in [0.4, 0.5) is 5.69 Å². The molecule has 1 aliphatic rings. The van der Waals surface area contributed by atoms with Gasteiger partial charge in [0.25, 0.3) is 0 Å². The fourth-order valence-corrected chi connectivity index (χ4v) is 4.01. The highest BCUT2D eigenvalue weighted by molar-refractivity contribution is 5.68. The Morgan fingerprint density at radius 2 is 1.60 bits per heavy atom. The maximum absolute atomic E-state index is 6.12. The van der Waals surface area contributed by atoms with Crippen LogP contribution in [0.2, 0.25) is 0 Å². The number of hydrogen-bond donors (Lipinski definition) is 1. The third-order valence-electron chi connectivity index (χ3n) is 5.64. The highest BCUT2D eigenvalue weighted by atomic mass is 16.5. The van der Waals surface area contributed by atoms with E-state index >= 15 is 0 Å². The van der Waals surface area contributed by atoms with Crippen molar-refractivity contribution in [1.29, 1.82) is 0 Å². The van der Waals surface area contributed by atoms with Gasteiger partial charge in [-0.3, -0.25) is 0 Å². The smallest absolute Gasteiger partial charge is 0.161 e. The molecule has 0 radical (unpaired) electrons. The van der Waals surface area contributed by atoms with Gasteiger partial charge < -0.3 is 19.7 Å². The van der Waals surface area contributed by atoms with Crippen molar-refractivity contribution >= 4 is 11.8 Å². The number of methoxy groups -OCH3 is 1. The lowest BCUT2D eigenvalue weighted by atomic mass is 9.93. The third-order valence-corrected chi connectivity index (χ3v) is 5.64. The van der Waals surface area contributed by atoms with Gasteiger partial charge in [-0.25, -0.2) is 0 Å². The SMILES string of the molecule is CC.CC.COc1cc2c(cc1OCc1ccccc1)CCNC2/C=C/c1ccccc1N(C)C. The van der Waals surface area contributed by atoms with Crippen molar-refractivity contribution in [1.82, 2.24) is 5.32 Å². The van der Waals surface area contributed by atoms with E-state index in [0.29, 0.717) is 6.61 Å². The second-order valence-corrected chi connectivity index (χ2v) is 7.97. The van der Waals surface area contributed by atoms with Gasteiger partial charge in [-0.15, -0.1) is 0 Å². The average molecular weight is 475 g/mol. The van der Waals surface area contributed by atoms with Crippen molar-refractivity contribution in [2.75, 3.05) is 32.6 Å². The summed E-state index contributed by atoms with van der Waals surface area (Å²) in [6.07, 6.45) is 5.41. The molecule has 3 aromatic carbocycles. The molecule has 0 aromatic heterocycles. The Morgan fingerprint density at radius 3 is 2.29 bits per heavy atom. The molecule has 35 heavy (non-hydrogen) atoms. The summed E-state index contributed by atoms with van der Waals surface area (Å²) >= 11 is 0. The molecule has 1 N–H and O–H groups in total. The lowest BCUT2D eigenvalue weighted by Crippen LogP contribution is -2.28. The van der Waals surface area contributed by atoms with Gasteiger partial charge >= 0.3 is 0 Å². The summed E-state index contributed by atoms with van der Waals surface area (Å²) in [4.78, 5) is 2.14. The van der Waals surface area contributed by atoms with Gasteiger partial charge in [0.2, 0.25) is 0 Å². The normalized spacial score (nSPS) is 14.1. The molecule has 4 heteroatoms. The van der Waals surface area contributed by atoms with E-state index < -0.39 is 0 Å². The quantitative estimate of drug-likeness (QED) is 0.390. The summed E-state index contributed by atoms with van der Waals surface area (Å²) in [6, 6.07) is 23.1. The minimum Gasteiger partial charge on any atom is -0.493 e. The molecular weight excluding hydrogens is 432 g/mol. The molecule has 0 fully saturated rings. The zero-order valence-corrected chi connectivity index (χ0v) is 22.5. The second-order valence-electron chi connectivity index (χ2n) is 7.97. The molecule has 0 amide bonds. The van der Waals surface area contributed by atoms with Crippen LogP contribution in [0.5, 0.6) is 11.5 Å². The zero-order chi connectivity index (χ0) is 25.6. The van der Waals surface area contributed by atoms with Crippen LogP contribution in [0.15, 0.2) is 72.8 Å². The molecule has 3 aromatic rings. The summed E-state index contributed by atoms with van der Waals surface area (Å²) in [6.45, 7) is 9.46. The predicted octanol–water partition coefficient (Wildman–Crippen LogP) is 7.29. The van der Waals surface area contributed by atoms with Gasteiger partial charge in [0.1, 0.15) is 6.61 Å². The Balaban J connectivity index is 0.00000103. The molecule has 1 aliphatic heterocycles. The van der Waals surface area contributed by atoms with Crippen molar-refractivity contribution in [3.8, 4) is 11.5 Å². The lowest BCUT2D eigenvalue weighted by Gasteiger charge is -2.26. The van der Waals surface area contributed by atoms with Gasteiger partial charge in [-0.1, -0.05) is 88.4 Å². The highest BCUT2D eigenvalue weighted by Gasteiger charge is 2.21. The lowest BCUT2D eigenvalue weighted by molar-refractivity contribution is 0.283. The van der Waals surface area contributed by atoms with Crippen LogP contribution in [-0.2, 0) is 13.0 Å². The number of nitrogens with one attached hydrogen (secondary N) is 1. The largest absolute Gasteiger partial charge is 0.493 e. The van der Waals surface area contributed by atoms with E-state index in [1.165, 1.54) is 22.4 Å². The zero-order valence-electron chi connectivity index (χ0n) is 22.5. The topological polar surface area (TPSA) is 33.7 Å². The summed E-state index contributed by atoms with van der Waals surface area (Å²) < 4.78 is 11.8. The number of nitrogens with zero attached hydrogens (tertiary/aromatic N) is 1. The summed E-state index contributed by atoms with van der Waals surface area (Å²) in [5.41, 5.74) is 6.10. The van der Waals surface area contributed by atoms with Crippen molar-refractivity contribution in [3.63, 3.8) is 0 Å². The first kappa shape index (κ1) is 28.0. The molecule has 0 saturated heterocycles. The standard InChI is InChI=1S/C27H30N2O2.2C2H6/c1-29(2)25-12-8-7-11-21(25)13-14-24-23-18-26(30-3)27(17-22(23)15-16-28-24)31-19-20-9-5-4-6-10-20;2*1-2/h4-14,17-18,24,28H,15-16,19H2,1-3H3;2*1-2H3/b14-13+;;. The Kier molecular flexibility index (Phi) is 11.9. The fourth-order valence-electron chi connectivity index (χ4n) is 4.01. The maximum Gasteiger partial charge on any atom is 0.161 e. The van der Waals surface area contributed by atoms with Crippen LogP contribution >= 0.6 is 0 Å². The first-order valence-corrected chi connectivity index (χ1v) is 12.7. The van der Waals surface area contributed by atoms with E-state index in [9.17, 15) is 0 Å². The van der Waals surface area contributed by atoms with Crippen molar-refractivity contribution < 1.29 is 9.47 Å². The van der Waals surface area contributed by atoms with Crippen molar-refractivity contribution in [2.24, 2.45) is 0 Å². The number of fused-ring (bicyclic) bond motifs is 1. The molecule has 1 atom stereocenters.